The maximum absolute atomic E-state index is 12.7. The van der Waals surface area contributed by atoms with Gasteiger partial charge in [-0.3, -0.25) is 9.69 Å². The second-order valence-electron chi connectivity index (χ2n) is 8.73. The Bertz CT molecular complexity index is 569. The molecule has 2 atom stereocenters. The summed E-state index contributed by atoms with van der Waals surface area (Å²) >= 11 is 0. The molecule has 0 bridgehead atoms. The van der Waals surface area contributed by atoms with Gasteiger partial charge in [0.25, 0.3) is 0 Å². The van der Waals surface area contributed by atoms with E-state index in [4.69, 9.17) is 32.8 Å². The highest BCUT2D eigenvalue weighted by Crippen LogP contribution is 2.07. The van der Waals surface area contributed by atoms with Crippen molar-refractivity contribution in [3.63, 3.8) is 0 Å². The molecule has 0 aliphatic heterocycles. The topological polar surface area (TPSA) is 209 Å². The van der Waals surface area contributed by atoms with Gasteiger partial charge in [0.15, 0.2) is 0 Å². The number of nitrogens with two attached hydrogens (primary N) is 4. The number of amides is 2. The number of nitrogens with zero attached hydrogens (tertiary/aromatic N) is 1. The first-order chi connectivity index (χ1) is 16.8. The van der Waals surface area contributed by atoms with Gasteiger partial charge in [0.2, 0.25) is 5.91 Å². The first-order valence-electron chi connectivity index (χ1n) is 12.8. The Labute approximate surface area is 209 Å². The lowest BCUT2D eigenvalue weighted by molar-refractivity contribution is -0.123. The van der Waals surface area contributed by atoms with E-state index in [0.29, 0.717) is 45.4 Å². The molecule has 0 fully saturated rings. The second-order valence-corrected chi connectivity index (χ2v) is 8.73. The highest BCUT2D eigenvalue weighted by atomic mass is 16.7. The quantitative estimate of drug-likeness (QED) is 0.0912. The van der Waals surface area contributed by atoms with E-state index in [2.05, 4.69) is 10.1 Å². The number of hydrogen-bond donors (Lipinski definition) is 6. The number of carbonyl (C=O) groups is 3. The molecule has 0 heterocycles. The molecule has 0 aromatic carbocycles. The van der Waals surface area contributed by atoms with Gasteiger partial charge in [0.05, 0.1) is 6.04 Å². The van der Waals surface area contributed by atoms with Gasteiger partial charge in [0.1, 0.15) is 19.8 Å². The lowest BCUT2D eigenvalue weighted by Gasteiger charge is -2.24. The molecule has 0 radical (unpaired) electrons. The van der Waals surface area contributed by atoms with Crippen LogP contribution < -0.4 is 28.3 Å². The monoisotopic (exact) mass is 504 g/mol. The van der Waals surface area contributed by atoms with Crippen molar-refractivity contribution < 1.29 is 29.0 Å². The number of carbonyl (C=O) groups excluding carboxylic acids is 2. The minimum atomic E-state index is -1.41. The summed E-state index contributed by atoms with van der Waals surface area (Å²) in [6, 6.07) is -0.798. The standard InChI is InChI=1S/C23H48N6O6/c24-12-6-2-1-3-9-15-29(22(31)34-17-19(27)10-4-7-13-25)16-21(30)28-20(11-5-8-14-26)18-35-23(32)33/h19-20H,1-18,24-27H2,(H,28,30)(H,32,33)/t19-,20-/m0/s1. The summed E-state index contributed by atoms with van der Waals surface area (Å²) in [5.41, 5.74) is 22.5. The summed E-state index contributed by atoms with van der Waals surface area (Å²) in [4.78, 5) is 37.5. The van der Waals surface area contributed by atoms with E-state index in [0.717, 1.165) is 51.4 Å². The van der Waals surface area contributed by atoms with Gasteiger partial charge in [-0.25, -0.2) is 9.59 Å². The SMILES string of the molecule is NCCCCCCCN(CC(=O)N[C@@H](CCCCN)COC(=O)O)C(=O)OC[C@@H](N)CCCCN. The van der Waals surface area contributed by atoms with Crippen molar-refractivity contribution in [2.45, 2.75) is 82.7 Å². The van der Waals surface area contributed by atoms with Crippen LogP contribution in [-0.4, -0.2) is 86.2 Å². The molecule has 2 amide bonds. The fraction of sp³-hybridized carbons (Fsp3) is 0.870. The van der Waals surface area contributed by atoms with Crippen LogP contribution in [0.1, 0.15) is 70.6 Å². The number of nitrogens with one attached hydrogen (secondary N) is 1. The fourth-order valence-corrected chi connectivity index (χ4v) is 3.47. The zero-order valence-electron chi connectivity index (χ0n) is 21.1. The summed E-state index contributed by atoms with van der Waals surface area (Å²) in [6.45, 7) is 1.79. The van der Waals surface area contributed by atoms with Gasteiger partial charge in [-0.15, -0.1) is 0 Å². The van der Waals surface area contributed by atoms with Crippen LogP contribution in [0.25, 0.3) is 0 Å². The molecule has 0 saturated heterocycles. The highest BCUT2D eigenvalue weighted by molar-refractivity contribution is 5.82. The van der Waals surface area contributed by atoms with E-state index < -0.39 is 24.2 Å². The van der Waals surface area contributed by atoms with Crippen LogP contribution in [0.2, 0.25) is 0 Å². The first kappa shape index (κ1) is 32.8. The highest BCUT2D eigenvalue weighted by Gasteiger charge is 2.22. The van der Waals surface area contributed by atoms with Crippen LogP contribution in [0.15, 0.2) is 0 Å². The molecule has 10 N–H and O–H groups in total. The summed E-state index contributed by atoms with van der Waals surface area (Å²) in [7, 11) is 0. The Hall–Kier alpha value is -2.15. The van der Waals surface area contributed by atoms with Gasteiger partial charge in [0, 0.05) is 12.6 Å². The molecule has 35 heavy (non-hydrogen) atoms. The van der Waals surface area contributed by atoms with Crippen molar-refractivity contribution in [2.75, 3.05) is 45.9 Å². The third-order valence-corrected chi connectivity index (χ3v) is 5.45. The van der Waals surface area contributed by atoms with Crippen LogP contribution in [0.3, 0.4) is 0 Å². The molecular weight excluding hydrogens is 456 g/mol. The molecule has 12 nitrogen and oxygen atoms in total. The fourth-order valence-electron chi connectivity index (χ4n) is 3.47. The number of carboxylic acid groups (broad SMARTS) is 1. The molecule has 0 aliphatic carbocycles. The van der Waals surface area contributed by atoms with E-state index in [-0.39, 0.29) is 25.8 Å². The van der Waals surface area contributed by atoms with Crippen LogP contribution in [0.4, 0.5) is 9.59 Å². The number of hydrogen-bond acceptors (Lipinski definition) is 9. The van der Waals surface area contributed by atoms with Gasteiger partial charge in [-0.2, -0.15) is 0 Å². The van der Waals surface area contributed by atoms with Crippen molar-refractivity contribution in [3.05, 3.63) is 0 Å². The van der Waals surface area contributed by atoms with Gasteiger partial charge < -0.3 is 42.8 Å². The minimum Gasteiger partial charge on any atom is -0.450 e. The predicted molar refractivity (Wildman–Crippen MR) is 135 cm³/mol. The third-order valence-electron chi connectivity index (χ3n) is 5.45. The lowest BCUT2D eigenvalue weighted by atomic mass is 10.1. The summed E-state index contributed by atoms with van der Waals surface area (Å²) in [6.07, 6.45) is 6.96. The summed E-state index contributed by atoms with van der Waals surface area (Å²) in [5, 5.41) is 11.6. The second kappa shape index (κ2) is 22.3. The third kappa shape index (κ3) is 19.8. The van der Waals surface area contributed by atoms with Crippen LogP contribution in [0.5, 0.6) is 0 Å². The lowest BCUT2D eigenvalue weighted by Crippen LogP contribution is -2.46. The molecule has 0 aliphatic rings. The number of ether oxygens (including phenoxy) is 2. The molecule has 0 spiro atoms. The number of rotatable bonds is 22. The molecule has 206 valence electrons. The summed E-state index contributed by atoms with van der Waals surface area (Å²) in [5.74, 6) is -0.413. The Kier molecular flexibility index (Phi) is 21.0. The molecule has 0 rings (SSSR count). The number of unbranched alkanes of at least 4 members (excludes halogenated alkanes) is 6. The normalized spacial score (nSPS) is 12.6. The first-order valence-corrected chi connectivity index (χ1v) is 12.8. The minimum absolute atomic E-state index is 0.0617. The van der Waals surface area contributed by atoms with Crippen molar-refractivity contribution in [1.82, 2.24) is 10.2 Å². The molecule has 12 heteroatoms. The molecular formula is C23H48N6O6. The van der Waals surface area contributed by atoms with Gasteiger partial charge in [-0.1, -0.05) is 32.1 Å². The maximum atomic E-state index is 12.7. The van der Waals surface area contributed by atoms with E-state index >= 15 is 0 Å². The van der Waals surface area contributed by atoms with Crippen LogP contribution in [-0.2, 0) is 14.3 Å². The Morgan fingerprint density at radius 3 is 1.97 bits per heavy atom. The van der Waals surface area contributed by atoms with Crippen LogP contribution in [0, 0.1) is 0 Å². The Balaban J connectivity index is 4.88. The van der Waals surface area contributed by atoms with Gasteiger partial charge >= 0.3 is 12.2 Å². The van der Waals surface area contributed by atoms with E-state index in [9.17, 15) is 14.4 Å². The van der Waals surface area contributed by atoms with E-state index in [1.807, 2.05) is 0 Å². The molecule has 0 saturated carbocycles. The average molecular weight is 505 g/mol. The summed E-state index contributed by atoms with van der Waals surface area (Å²) < 4.78 is 10.0. The zero-order valence-corrected chi connectivity index (χ0v) is 21.1. The largest absolute Gasteiger partial charge is 0.505 e. The van der Waals surface area contributed by atoms with Crippen LogP contribution >= 0.6 is 0 Å². The van der Waals surface area contributed by atoms with Crippen molar-refractivity contribution in [2.24, 2.45) is 22.9 Å². The smallest absolute Gasteiger partial charge is 0.450 e. The Morgan fingerprint density at radius 1 is 0.771 bits per heavy atom. The van der Waals surface area contributed by atoms with Gasteiger partial charge in [-0.05, 0) is 58.2 Å². The zero-order chi connectivity index (χ0) is 26.3. The van der Waals surface area contributed by atoms with E-state index in [1.54, 1.807) is 0 Å². The van der Waals surface area contributed by atoms with Crippen molar-refractivity contribution in [1.29, 1.82) is 0 Å². The van der Waals surface area contributed by atoms with Crippen molar-refractivity contribution in [3.8, 4) is 0 Å². The molecule has 0 unspecified atom stereocenters. The maximum Gasteiger partial charge on any atom is 0.505 e. The predicted octanol–water partition coefficient (Wildman–Crippen LogP) is 1.10. The molecule has 0 aromatic rings. The van der Waals surface area contributed by atoms with Crippen molar-refractivity contribution >= 4 is 18.2 Å². The average Bonchev–Trinajstić information content (AvgIpc) is 2.82. The molecule has 0 aromatic heterocycles. The Morgan fingerprint density at radius 2 is 1.34 bits per heavy atom. The van der Waals surface area contributed by atoms with E-state index in [1.165, 1.54) is 4.90 Å².